The van der Waals surface area contributed by atoms with Gasteiger partial charge in [-0.1, -0.05) is 0 Å². The highest BCUT2D eigenvalue weighted by molar-refractivity contribution is 7.07. The van der Waals surface area contributed by atoms with Crippen molar-refractivity contribution >= 4 is 23.5 Å². The van der Waals surface area contributed by atoms with Gasteiger partial charge in [0, 0.05) is 24.0 Å². The summed E-state index contributed by atoms with van der Waals surface area (Å²) in [5.41, 5.74) is 1.99. The van der Waals surface area contributed by atoms with E-state index >= 15 is 0 Å². The van der Waals surface area contributed by atoms with Crippen molar-refractivity contribution in [2.45, 2.75) is 0 Å². The van der Waals surface area contributed by atoms with Crippen LogP contribution in [-0.4, -0.2) is 28.9 Å². The van der Waals surface area contributed by atoms with Crippen molar-refractivity contribution in [1.29, 1.82) is 0 Å². The molecule has 1 aromatic rings. The van der Waals surface area contributed by atoms with Crippen LogP contribution in [-0.2, 0) is 4.79 Å². The van der Waals surface area contributed by atoms with Crippen LogP contribution in [0.1, 0.15) is 0 Å². The number of carboxylic acids is 1. The number of carbonyl (C=O) groups is 1. The number of aromatic nitrogens is 1. The quantitative estimate of drug-likeness (QED) is 0.718. The van der Waals surface area contributed by atoms with Crippen LogP contribution < -0.4 is 5.32 Å². The lowest BCUT2D eigenvalue weighted by Gasteiger charge is -2.01. The molecule has 0 atom stereocenters. The summed E-state index contributed by atoms with van der Waals surface area (Å²) in [5.74, 6) is -0.953. The fourth-order valence-corrected chi connectivity index (χ4v) is 1.03. The molecule has 0 saturated heterocycles. The van der Waals surface area contributed by atoms with Crippen LogP contribution in [0, 0.1) is 0 Å². The number of aliphatic imine (C=N–C) groups is 1. The molecule has 0 saturated carbocycles. The van der Waals surface area contributed by atoms with Crippen molar-refractivity contribution in [3.8, 4) is 0 Å². The average molecular weight is 211 g/mol. The first-order valence-electron chi connectivity index (χ1n) is 3.79. The summed E-state index contributed by atoms with van der Waals surface area (Å²) < 4.78 is 0. The van der Waals surface area contributed by atoms with Crippen molar-refractivity contribution in [1.82, 2.24) is 10.3 Å². The lowest BCUT2D eigenvalue weighted by atomic mass is 10.3. The smallest absolute Gasteiger partial charge is 0.338 e. The normalized spacial score (nSPS) is 13.3. The lowest BCUT2D eigenvalue weighted by Crippen LogP contribution is -2.15. The molecule has 0 amide bonds. The fraction of sp³-hybridized carbons (Fsp3) is 0.125. The van der Waals surface area contributed by atoms with Crippen LogP contribution in [0.25, 0.3) is 0 Å². The van der Waals surface area contributed by atoms with Gasteiger partial charge in [0.1, 0.15) is 6.67 Å². The molecule has 2 heterocycles. The summed E-state index contributed by atoms with van der Waals surface area (Å²) in [4.78, 5) is 17.6. The molecule has 2 rings (SSSR count). The Morgan fingerprint density at radius 3 is 2.79 bits per heavy atom. The maximum absolute atomic E-state index is 10.2. The predicted molar refractivity (Wildman–Crippen MR) is 54.3 cm³/mol. The van der Waals surface area contributed by atoms with E-state index in [1.165, 1.54) is 12.4 Å². The van der Waals surface area contributed by atoms with E-state index in [0.717, 1.165) is 0 Å². The van der Waals surface area contributed by atoms with Gasteiger partial charge in [-0.25, -0.2) is 4.79 Å². The zero-order chi connectivity index (χ0) is 10.2. The SMILES string of the molecule is O=C(O)C1=CNCN=C1.c1cscn1. The molecule has 1 aliphatic rings. The van der Waals surface area contributed by atoms with Gasteiger partial charge in [-0.2, -0.15) is 0 Å². The molecule has 14 heavy (non-hydrogen) atoms. The lowest BCUT2D eigenvalue weighted by molar-refractivity contribution is -0.132. The summed E-state index contributed by atoms with van der Waals surface area (Å²) in [6, 6.07) is 0. The third kappa shape index (κ3) is 3.81. The van der Waals surface area contributed by atoms with E-state index in [4.69, 9.17) is 5.11 Å². The summed E-state index contributed by atoms with van der Waals surface area (Å²) in [7, 11) is 0. The Bertz CT molecular complexity index is 315. The van der Waals surface area contributed by atoms with Gasteiger partial charge in [0.25, 0.3) is 0 Å². The van der Waals surface area contributed by atoms with E-state index in [1.807, 2.05) is 5.38 Å². The minimum absolute atomic E-state index is 0.196. The maximum atomic E-state index is 10.2. The van der Waals surface area contributed by atoms with E-state index in [0.29, 0.717) is 6.67 Å². The van der Waals surface area contributed by atoms with Crippen molar-refractivity contribution in [2.24, 2.45) is 4.99 Å². The number of hydrogen-bond acceptors (Lipinski definition) is 5. The molecule has 0 fully saturated rings. The van der Waals surface area contributed by atoms with Crippen molar-refractivity contribution in [2.75, 3.05) is 6.67 Å². The molecule has 0 bridgehead atoms. The van der Waals surface area contributed by atoms with Gasteiger partial charge in [0.05, 0.1) is 11.1 Å². The summed E-state index contributed by atoms with van der Waals surface area (Å²) in [6.45, 7) is 0.469. The van der Waals surface area contributed by atoms with Gasteiger partial charge in [-0.3, -0.25) is 9.98 Å². The van der Waals surface area contributed by atoms with Crippen molar-refractivity contribution < 1.29 is 9.90 Å². The molecule has 1 aliphatic heterocycles. The van der Waals surface area contributed by atoms with Gasteiger partial charge >= 0.3 is 5.97 Å². The summed E-state index contributed by atoms with van der Waals surface area (Å²) in [5, 5.41) is 12.9. The number of hydrogen-bond donors (Lipinski definition) is 2. The number of nitrogens with one attached hydrogen (secondary N) is 1. The Kier molecular flexibility index (Phi) is 4.36. The Balaban J connectivity index is 0.000000165. The largest absolute Gasteiger partial charge is 0.478 e. The number of nitrogens with zero attached hydrogens (tertiary/aromatic N) is 2. The monoisotopic (exact) mass is 211 g/mol. The third-order valence-electron chi connectivity index (χ3n) is 1.26. The molecule has 0 unspecified atom stereocenters. The van der Waals surface area contributed by atoms with Crippen LogP contribution in [0.5, 0.6) is 0 Å². The Morgan fingerprint density at radius 2 is 2.50 bits per heavy atom. The molecule has 1 aromatic heterocycles. The first-order chi connectivity index (χ1) is 6.80. The van der Waals surface area contributed by atoms with Gasteiger partial charge < -0.3 is 10.4 Å². The molecule has 6 heteroatoms. The minimum Gasteiger partial charge on any atom is -0.478 e. The van der Waals surface area contributed by atoms with Crippen molar-refractivity contribution in [3.63, 3.8) is 0 Å². The van der Waals surface area contributed by atoms with Crippen LogP contribution in [0.2, 0.25) is 0 Å². The van der Waals surface area contributed by atoms with Crippen LogP contribution in [0.3, 0.4) is 0 Å². The predicted octanol–water partition coefficient (Wildman–Crippen LogP) is 0.729. The average Bonchev–Trinajstić information content (AvgIpc) is 2.77. The highest BCUT2D eigenvalue weighted by Gasteiger charge is 2.04. The molecule has 0 spiro atoms. The first kappa shape index (κ1) is 10.4. The zero-order valence-electron chi connectivity index (χ0n) is 7.25. The molecule has 0 radical (unpaired) electrons. The zero-order valence-corrected chi connectivity index (χ0v) is 8.07. The van der Waals surface area contributed by atoms with Gasteiger partial charge in [0.2, 0.25) is 0 Å². The Labute approximate surface area is 84.8 Å². The van der Waals surface area contributed by atoms with Crippen LogP contribution >= 0.6 is 11.3 Å². The van der Waals surface area contributed by atoms with Crippen LogP contribution in [0.4, 0.5) is 0 Å². The standard InChI is InChI=1S/C5H6N2O2.C3H3NS/c8-5(9)4-1-6-3-7-2-4;1-2-5-3-4-1/h1-2,6H,3H2,(H,8,9);1-3H. The van der Waals surface area contributed by atoms with Gasteiger partial charge in [-0.15, -0.1) is 11.3 Å². The molecule has 74 valence electrons. The molecular formula is C8H9N3O2S. The Morgan fingerprint density at radius 1 is 1.64 bits per heavy atom. The van der Waals surface area contributed by atoms with E-state index in [1.54, 1.807) is 23.0 Å². The molecule has 5 nitrogen and oxygen atoms in total. The third-order valence-corrected chi connectivity index (χ3v) is 1.79. The number of carboxylic acid groups (broad SMARTS) is 1. The molecule has 2 N–H and O–H groups in total. The second-order valence-electron chi connectivity index (χ2n) is 2.25. The Hall–Kier alpha value is -1.69. The van der Waals surface area contributed by atoms with Crippen LogP contribution in [0.15, 0.2) is 33.9 Å². The van der Waals surface area contributed by atoms with Gasteiger partial charge in [0.15, 0.2) is 0 Å². The number of aliphatic carboxylic acids is 1. The summed E-state index contributed by atoms with van der Waals surface area (Å²) in [6.07, 6.45) is 4.53. The second-order valence-corrected chi connectivity index (χ2v) is 3.01. The van der Waals surface area contributed by atoms with E-state index in [2.05, 4.69) is 15.3 Å². The maximum Gasteiger partial charge on any atom is 0.338 e. The van der Waals surface area contributed by atoms with E-state index < -0.39 is 5.97 Å². The number of rotatable bonds is 1. The van der Waals surface area contributed by atoms with Gasteiger partial charge in [-0.05, 0) is 0 Å². The fourth-order valence-electron chi connectivity index (χ4n) is 0.682. The van der Waals surface area contributed by atoms with E-state index in [9.17, 15) is 4.79 Å². The first-order valence-corrected chi connectivity index (χ1v) is 4.74. The molecular weight excluding hydrogens is 202 g/mol. The molecule has 0 aliphatic carbocycles. The summed E-state index contributed by atoms with van der Waals surface area (Å²) >= 11 is 1.60. The molecule has 0 aromatic carbocycles. The minimum atomic E-state index is -0.953. The topological polar surface area (TPSA) is 74.6 Å². The highest BCUT2D eigenvalue weighted by Crippen LogP contribution is 1.91. The van der Waals surface area contributed by atoms with E-state index in [-0.39, 0.29) is 5.57 Å². The highest BCUT2D eigenvalue weighted by atomic mass is 32.1. The second kappa shape index (κ2) is 5.87. The number of thiazole rings is 1. The van der Waals surface area contributed by atoms with Crippen molar-refractivity contribution in [3.05, 3.63) is 28.9 Å².